The maximum absolute atomic E-state index is 13.5. The van der Waals surface area contributed by atoms with Gasteiger partial charge < -0.3 is 10.6 Å². The zero-order chi connectivity index (χ0) is 15.2. The van der Waals surface area contributed by atoms with Crippen molar-refractivity contribution in [3.05, 3.63) is 53.4 Å². The van der Waals surface area contributed by atoms with Crippen LogP contribution in [0.15, 0.2) is 35.5 Å². The van der Waals surface area contributed by atoms with Crippen LogP contribution in [0.3, 0.4) is 0 Å². The monoisotopic (exact) mass is 421 g/mol. The Morgan fingerprint density at radius 3 is 2.59 bits per heavy atom. The first-order valence-electron chi connectivity index (χ1n) is 6.45. The molecule has 2 rings (SSSR count). The number of aliphatic imine (C=N–C) groups is 1. The van der Waals surface area contributed by atoms with Gasteiger partial charge in [0.15, 0.2) is 5.96 Å². The summed E-state index contributed by atoms with van der Waals surface area (Å²) in [4.78, 5) is 4.03. The van der Waals surface area contributed by atoms with Crippen molar-refractivity contribution in [3.63, 3.8) is 0 Å². The van der Waals surface area contributed by atoms with Crippen molar-refractivity contribution >= 4 is 29.9 Å². The Kier molecular flexibility index (Phi) is 7.22. The summed E-state index contributed by atoms with van der Waals surface area (Å²) in [5.74, 6) is -0.420. The molecule has 0 aliphatic carbocycles. The summed E-state index contributed by atoms with van der Waals surface area (Å²) in [5, 5.41) is 10.1. The molecule has 0 spiro atoms. The Balaban J connectivity index is 0.00000242. The highest BCUT2D eigenvalue weighted by molar-refractivity contribution is 14.0. The molecule has 0 saturated carbocycles. The van der Waals surface area contributed by atoms with Gasteiger partial charge in [-0.3, -0.25) is 9.67 Å². The van der Waals surface area contributed by atoms with Gasteiger partial charge in [0.2, 0.25) is 0 Å². The zero-order valence-electron chi connectivity index (χ0n) is 12.3. The summed E-state index contributed by atoms with van der Waals surface area (Å²) in [6.07, 6.45) is 1.70. The number of rotatable bonds is 4. The second-order valence-electron chi connectivity index (χ2n) is 4.46. The zero-order valence-corrected chi connectivity index (χ0v) is 14.6. The number of hydrogen-bond donors (Lipinski definition) is 2. The van der Waals surface area contributed by atoms with E-state index in [1.54, 1.807) is 17.9 Å². The van der Waals surface area contributed by atoms with Crippen LogP contribution in [0.5, 0.6) is 0 Å². The normalized spacial score (nSPS) is 11.0. The molecule has 0 aliphatic heterocycles. The van der Waals surface area contributed by atoms with Gasteiger partial charge in [-0.15, -0.1) is 24.0 Å². The van der Waals surface area contributed by atoms with E-state index in [1.807, 2.05) is 13.1 Å². The van der Waals surface area contributed by atoms with E-state index in [2.05, 4.69) is 20.7 Å². The molecule has 0 fully saturated rings. The number of aromatic nitrogens is 2. The van der Waals surface area contributed by atoms with Gasteiger partial charge in [-0.25, -0.2) is 8.78 Å². The fourth-order valence-electron chi connectivity index (χ4n) is 1.83. The second kappa shape index (κ2) is 8.66. The number of aryl methyl sites for hydroxylation is 1. The average molecular weight is 421 g/mol. The Bertz CT molecular complexity index is 642. The molecule has 1 aromatic heterocycles. The third kappa shape index (κ3) is 4.93. The SMILES string of the molecule is CN=C(NCc1cc(F)ccc1F)NCc1ccnn1C.I. The second-order valence-corrected chi connectivity index (χ2v) is 4.46. The Hall–Kier alpha value is -1.71. The van der Waals surface area contributed by atoms with Gasteiger partial charge in [-0.05, 0) is 24.3 Å². The van der Waals surface area contributed by atoms with E-state index in [0.29, 0.717) is 12.5 Å². The smallest absolute Gasteiger partial charge is 0.191 e. The highest BCUT2D eigenvalue weighted by atomic mass is 127. The molecule has 0 atom stereocenters. The van der Waals surface area contributed by atoms with Crippen molar-refractivity contribution in [2.24, 2.45) is 12.0 Å². The minimum atomic E-state index is -0.467. The van der Waals surface area contributed by atoms with Gasteiger partial charge in [0, 0.05) is 32.4 Å². The third-order valence-electron chi connectivity index (χ3n) is 3.04. The minimum absolute atomic E-state index is 0. The lowest BCUT2D eigenvalue weighted by Crippen LogP contribution is -2.36. The number of nitrogens with one attached hydrogen (secondary N) is 2. The van der Waals surface area contributed by atoms with Crippen LogP contribution < -0.4 is 10.6 Å². The predicted molar refractivity (Wildman–Crippen MR) is 92.0 cm³/mol. The molecule has 5 nitrogen and oxygen atoms in total. The van der Waals surface area contributed by atoms with Crippen LogP contribution >= 0.6 is 24.0 Å². The van der Waals surface area contributed by atoms with Gasteiger partial charge >= 0.3 is 0 Å². The molecule has 1 heterocycles. The maximum Gasteiger partial charge on any atom is 0.191 e. The lowest BCUT2D eigenvalue weighted by Gasteiger charge is -2.12. The van der Waals surface area contributed by atoms with E-state index in [-0.39, 0.29) is 36.1 Å². The fourth-order valence-corrected chi connectivity index (χ4v) is 1.83. The summed E-state index contributed by atoms with van der Waals surface area (Å²) in [7, 11) is 3.45. The number of hydrogen-bond acceptors (Lipinski definition) is 2. The van der Waals surface area contributed by atoms with Crippen molar-refractivity contribution in [2.75, 3.05) is 7.05 Å². The Morgan fingerprint density at radius 1 is 1.23 bits per heavy atom. The van der Waals surface area contributed by atoms with Gasteiger partial charge in [0.1, 0.15) is 11.6 Å². The Labute approximate surface area is 144 Å². The van der Waals surface area contributed by atoms with Crippen LogP contribution in [0.25, 0.3) is 0 Å². The van der Waals surface area contributed by atoms with Gasteiger partial charge in [0.05, 0.1) is 12.2 Å². The third-order valence-corrected chi connectivity index (χ3v) is 3.04. The van der Waals surface area contributed by atoms with Crippen molar-refractivity contribution in [1.82, 2.24) is 20.4 Å². The van der Waals surface area contributed by atoms with Crippen molar-refractivity contribution in [2.45, 2.75) is 13.1 Å². The average Bonchev–Trinajstić information content (AvgIpc) is 2.88. The largest absolute Gasteiger partial charge is 0.352 e. The number of halogens is 3. The molecule has 2 aromatic rings. The van der Waals surface area contributed by atoms with Crippen molar-refractivity contribution in [1.29, 1.82) is 0 Å². The van der Waals surface area contributed by atoms with Gasteiger partial charge in [0.25, 0.3) is 0 Å². The summed E-state index contributed by atoms with van der Waals surface area (Å²) in [6, 6.07) is 5.25. The summed E-state index contributed by atoms with van der Waals surface area (Å²) < 4.78 is 28.3. The van der Waals surface area contributed by atoms with Crippen LogP contribution in [0.2, 0.25) is 0 Å². The highest BCUT2D eigenvalue weighted by Gasteiger charge is 2.06. The molecule has 120 valence electrons. The first kappa shape index (κ1) is 18.3. The predicted octanol–water partition coefficient (Wildman–Crippen LogP) is 2.18. The van der Waals surface area contributed by atoms with E-state index in [1.165, 1.54) is 0 Å². The Morgan fingerprint density at radius 2 is 1.95 bits per heavy atom. The molecule has 8 heteroatoms. The standard InChI is InChI=1S/C14H17F2N5.HI/c1-17-14(19-9-12-5-6-20-21(12)2)18-8-10-7-11(15)3-4-13(10)16;/h3-7H,8-9H2,1-2H3,(H2,17,18,19);1H. The quantitative estimate of drug-likeness (QED) is 0.452. The van der Waals surface area contributed by atoms with Crippen molar-refractivity contribution in [3.8, 4) is 0 Å². The van der Waals surface area contributed by atoms with E-state index >= 15 is 0 Å². The minimum Gasteiger partial charge on any atom is -0.352 e. The molecule has 0 radical (unpaired) electrons. The molecule has 0 unspecified atom stereocenters. The number of nitrogens with zero attached hydrogens (tertiary/aromatic N) is 3. The topological polar surface area (TPSA) is 54.2 Å². The summed E-state index contributed by atoms with van der Waals surface area (Å²) in [6.45, 7) is 0.677. The van der Waals surface area contributed by atoms with E-state index < -0.39 is 11.6 Å². The van der Waals surface area contributed by atoms with Crippen LogP contribution in [-0.2, 0) is 20.1 Å². The first-order valence-corrected chi connectivity index (χ1v) is 6.45. The van der Waals surface area contributed by atoms with Gasteiger partial charge in [-0.2, -0.15) is 5.10 Å². The van der Waals surface area contributed by atoms with Crippen LogP contribution in [0.4, 0.5) is 8.78 Å². The van der Waals surface area contributed by atoms with Crippen LogP contribution in [0.1, 0.15) is 11.3 Å². The highest BCUT2D eigenvalue weighted by Crippen LogP contribution is 2.09. The molecular formula is C14H18F2IN5. The lowest BCUT2D eigenvalue weighted by molar-refractivity contribution is 0.581. The van der Waals surface area contributed by atoms with E-state index in [0.717, 1.165) is 23.9 Å². The number of benzene rings is 1. The first-order chi connectivity index (χ1) is 10.1. The summed E-state index contributed by atoms with van der Waals surface area (Å²) in [5.41, 5.74) is 1.23. The number of guanidine groups is 1. The molecule has 0 bridgehead atoms. The van der Waals surface area contributed by atoms with E-state index in [4.69, 9.17) is 0 Å². The molecule has 0 aliphatic rings. The van der Waals surface area contributed by atoms with Crippen molar-refractivity contribution < 1.29 is 8.78 Å². The molecular weight excluding hydrogens is 403 g/mol. The molecule has 22 heavy (non-hydrogen) atoms. The molecule has 1 aromatic carbocycles. The lowest BCUT2D eigenvalue weighted by atomic mass is 10.2. The molecule has 2 N–H and O–H groups in total. The van der Waals surface area contributed by atoms with Gasteiger partial charge in [-0.1, -0.05) is 0 Å². The van der Waals surface area contributed by atoms with E-state index in [9.17, 15) is 8.78 Å². The van der Waals surface area contributed by atoms with Crippen LogP contribution in [0, 0.1) is 11.6 Å². The summed E-state index contributed by atoms with van der Waals surface area (Å²) >= 11 is 0. The molecule has 0 saturated heterocycles. The molecule has 0 amide bonds. The van der Waals surface area contributed by atoms with Crippen LogP contribution in [-0.4, -0.2) is 22.8 Å². The maximum atomic E-state index is 13.5. The fraction of sp³-hybridized carbons (Fsp3) is 0.286.